The van der Waals surface area contributed by atoms with E-state index in [1.165, 1.54) is 37.5 Å². The van der Waals surface area contributed by atoms with Gasteiger partial charge in [0.25, 0.3) is 0 Å². The summed E-state index contributed by atoms with van der Waals surface area (Å²) in [6.07, 6.45) is -8.40. The van der Waals surface area contributed by atoms with E-state index in [1.807, 2.05) is 0 Å². The van der Waals surface area contributed by atoms with Crippen molar-refractivity contribution in [2.45, 2.75) is 54.8 Å². The number of phenols is 1. The number of epoxide rings is 1. The van der Waals surface area contributed by atoms with Crippen molar-refractivity contribution in [2.75, 3.05) is 13.7 Å². The third-order valence-corrected chi connectivity index (χ3v) is 7.98. The number of esters is 2. The van der Waals surface area contributed by atoms with Crippen LogP contribution in [0.1, 0.15) is 10.4 Å². The zero-order valence-corrected chi connectivity index (χ0v) is 20.9. The summed E-state index contributed by atoms with van der Waals surface area (Å²) in [5.41, 5.74) is -1.76. The summed E-state index contributed by atoms with van der Waals surface area (Å²) >= 11 is 0. The predicted octanol–water partition coefficient (Wildman–Crippen LogP) is -1.96. The van der Waals surface area contributed by atoms with Crippen LogP contribution < -0.4 is 0 Å². The maximum absolute atomic E-state index is 13.2. The molecule has 0 radical (unpaired) electrons. The number of aliphatic hydroxyl groups excluding tert-OH is 4. The van der Waals surface area contributed by atoms with Crippen molar-refractivity contribution in [3.05, 3.63) is 53.3 Å². The van der Waals surface area contributed by atoms with E-state index in [0.29, 0.717) is 0 Å². The number of fused-ring (bicyclic) bond motifs is 5. The van der Waals surface area contributed by atoms with Crippen LogP contribution in [0.4, 0.5) is 0 Å². The van der Waals surface area contributed by atoms with Gasteiger partial charge in [-0.15, -0.1) is 0 Å². The second-order valence-electron chi connectivity index (χ2n) is 10.2. The molecule has 1 aromatic carbocycles. The highest BCUT2D eigenvalue weighted by Crippen LogP contribution is 2.62. The minimum absolute atomic E-state index is 0.0632. The quantitative estimate of drug-likeness (QED) is 0.110. The summed E-state index contributed by atoms with van der Waals surface area (Å²) in [5, 5.41) is 49.9. The summed E-state index contributed by atoms with van der Waals surface area (Å²) in [4.78, 5) is 38.9. The van der Waals surface area contributed by atoms with E-state index < -0.39 is 91.0 Å². The molecule has 1 aromatic rings. The first-order valence-corrected chi connectivity index (χ1v) is 12.5. The van der Waals surface area contributed by atoms with Crippen LogP contribution in [0.5, 0.6) is 5.75 Å². The molecule has 0 bridgehead atoms. The number of hydrogen-bond acceptors (Lipinski definition) is 14. The number of methoxy groups -OCH3 is 1. The molecule has 3 fully saturated rings. The summed E-state index contributed by atoms with van der Waals surface area (Å²) < 4.78 is 33.6. The molecule has 2 saturated heterocycles. The Labute approximate surface area is 225 Å². The van der Waals surface area contributed by atoms with Gasteiger partial charge in [-0.1, -0.05) is 0 Å². The van der Waals surface area contributed by atoms with Crippen LogP contribution in [0.15, 0.2) is 47.7 Å². The minimum atomic E-state index is -1.76. The maximum Gasteiger partial charge on any atom is 0.342 e. The van der Waals surface area contributed by atoms with Crippen molar-refractivity contribution in [3.63, 3.8) is 0 Å². The summed E-state index contributed by atoms with van der Waals surface area (Å²) in [6, 6.07) is 5.28. The molecule has 1 saturated carbocycles. The molecular formula is C26H26O14. The first-order valence-electron chi connectivity index (χ1n) is 12.5. The van der Waals surface area contributed by atoms with Gasteiger partial charge in [0.05, 0.1) is 37.6 Å². The number of hydrogen-bond donors (Lipinski definition) is 5. The standard InChI is InChI=1S/C26H26O14/c1-35-22(33)12-8-36-24(39-25-19(32)18(31)17(30)13(7-27)37-25)15-14(12)20-21(38-20)26(15)6-11(23(34)40-26)16(29)9-2-4-10(28)5-3-9/h2-6,8,13-15,17-21,24-25,27-28,30-32H,7H2,1H3/t13-,14-,15-,17-,18+,19-,20+,21+,24+,25+,26-/m1/s1. The van der Waals surface area contributed by atoms with Crippen LogP contribution in [0.2, 0.25) is 0 Å². The Hall–Kier alpha value is -3.37. The number of benzene rings is 1. The number of aromatic hydroxyl groups is 1. The van der Waals surface area contributed by atoms with Crippen LogP contribution in [0.3, 0.4) is 0 Å². The van der Waals surface area contributed by atoms with Crippen LogP contribution in [0, 0.1) is 11.8 Å². The van der Waals surface area contributed by atoms with Crippen molar-refractivity contribution in [1.82, 2.24) is 0 Å². The maximum atomic E-state index is 13.2. The van der Waals surface area contributed by atoms with Gasteiger partial charge in [-0.25, -0.2) is 9.59 Å². The molecule has 0 unspecified atom stereocenters. The second-order valence-corrected chi connectivity index (χ2v) is 10.2. The summed E-state index contributed by atoms with van der Waals surface area (Å²) in [5.74, 6) is -4.24. The predicted molar refractivity (Wildman–Crippen MR) is 125 cm³/mol. The number of aliphatic hydroxyl groups is 4. The Bertz CT molecular complexity index is 1290. The van der Waals surface area contributed by atoms with E-state index in [9.17, 15) is 39.9 Å². The Balaban J connectivity index is 1.37. The van der Waals surface area contributed by atoms with Gasteiger partial charge in [0.2, 0.25) is 6.29 Å². The smallest absolute Gasteiger partial charge is 0.342 e. The topological polar surface area (TPSA) is 211 Å². The van der Waals surface area contributed by atoms with E-state index in [4.69, 9.17) is 28.4 Å². The fourth-order valence-electron chi connectivity index (χ4n) is 5.98. The molecule has 4 heterocycles. The van der Waals surface area contributed by atoms with E-state index >= 15 is 0 Å². The minimum Gasteiger partial charge on any atom is -0.508 e. The highest BCUT2D eigenvalue weighted by atomic mass is 16.8. The lowest BCUT2D eigenvalue weighted by molar-refractivity contribution is -0.347. The van der Waals surface area contributed by atoms with Crippen molar-refractivity contribution in [3.8, 4) is 5.75 Å². The molecule has 1 aliphatic carbocycles. The molecule has 14 heteroatoms. The van der Waals surface area contributed by atoms with Crippen LogP contribution >= 0.6 is 0 Å². The normalized spacial score (nSPS) is 41.3. The molecule has 5 N–H and O–H groups in total. The van der Waals surface area contributed by atoms with Crippen molar-refractivity contribution < 1.29 is 68.3 Å². The molecular weight excluding hydrogens is 536 g/mol. The van der Waals surface area contributed by atoms with Crippen LogP contribution in [-0.4, -0.2) is 112 Å². The average Bonchev–Trinajstić information content (AvgIpc) is 3.62. The molecule has 5 aliphatic rings. The lowest BCUT2D eigenvalue weighted by atomic mass is 9.78. The molecule has 6 rings (SSSR count). The van der Waals surface area contributed by atoms with Gasteiger partial charge in [0, 0.05) is 11.5 Å². The van der Waals surface area contributed by atoms with Gasteiger partial charge in [0.1, 0.15) is 41.8 Å². The zero-order valence-electron chi connectivity index (χ0n) is 20.9. The number of carbonyl (C=O) groups excluding carboxylic acids is 3. The van der Waals surface area contributed by atoms with Gasteiger partial charge >= 0.3 is 11.9 Å². The first kappa shape index (κ1) is 26.8. The Kier molecular flexibility index (Phi) is 6.46. The zero-order chi connectivity index (χ0) is 28.5. The van der Waals surface area contributed by atoms with E-state index in [2.05, 4.69) is 0 Å². The lowest BCUT2D eigenvalue weighted by Crippen LogP contribution is -2.61. The number of Topliss-reactive ketones (excluding diaryl/α,β-unsaturated/α-hetero) is 1. The van der Waals surface area contributed by atoms with E-state index in [1.54, 1.807) is 0 Å². The van der Waals surface area contributed by atoms with Crippen molar-refractivity contribution >= 4 is 17.7 Å². The first-order chi connectivity index (χ1) is 19.1. The Morgan fingerprint density at radius 1 is 1.02 bits per heavy atom. The van der Waals surface area contributed by atoms with Gasteiger partial charge < -0.3 is 54.0 Å². The van der Waals surface area contributed by atoms with Crippen LogP contribution in [-0.2, 0) is 38.0 Å². The Morgan fingerprint density at radius 2 is 1.75 bits per heavy atom. The van der Waals surface area contributed by atoms with Gasteiger partial charge in [-0.05, 0) is 30.3 Å². The average molecular weight is 562 g/mol. The van der Waals surface area contributed by atoms with Crippen molar-refractivity contribution in [2.24, 2.45) is 11.8 Å². The second kappa shape index (κ2) is 9.62. The van der Waals surface area contributed by atoms with Gasteiger partial charge in [0.15, 0.2) is 17.7 Å². The monoisotopic (exact) mass is 562 g/mol. The number of phenolic OH excluding ortho intramolecular Hbond substituents is 1. The third-order valence-electron chi connectivity index (χ3n) is 7.98. The largest absolute Gasteiger partial charge is 0.508 e. The Morgan fingerprint density at radius 3 is 2.42 bits per heavy atom. The molecule has 0 amide bonds. The molecule has 214 valence electrons. The molecule has 40 heavy (non-hydrogen) atoms. The fraction of sp³-hybridized carbons (Fsp3) is 0.500. The van der Waals surface area contributed by atoms with Gasteiger partial charge in [-0.2, -0.15) is 0 Å². The number of ketones is 1. The number of carbonyl (C=O) groups is 3. The molecule has 11 atom stereocenters. The van der Waals surface area contributed by atoms with Crippen LogP contribution in [0.25, 0.3) is 0 Å². The summed E-state index contributed by atoms with van der Waals surface area (Å²) in [6.45, 7) is -0.695. The third kappa shape index (κ3) is 3.95. The van der Waals surface area contributed by atoms with E-state index in [0.717, 1.165) is 6.26 Å². The number of ether oxygens (including phenoxy) is 6. The van der Waals surface area contributed by atoms with Crippen molar-refractivity contribution in [1.29, 1.82) is 0 Å². The lowest BCUT2D eigenvalue weighted by Gasteiger charge is -2.45. The number of rotatable bonds is 6. The SMILES string of the molecule is COC(=O)C1=CO[C@@H](O[C@@H]2O[C@H](CO)[C@@H](O)[C@H](O)[C@H]2O)[C@H]2[C@@H]1[C@@H]1O[C@@H]1[C@@]21C=C(C(=O)c2ccc(O)cc2)C(=O)O1. The summed E-state index contributed by atoms with van der Waals surface area (Å²) in [7, 11) is 1.18. The highest BCUT2D eigenvalue weighted by molar-refractivity contribution is 6.25. The fourth-order valence-corrected chi connectivity index (χ4v) is 5.98. The molecule has 0 aromatic heterocycles. The highest BCUT2D eigenvalue weighted by Gasteiger charge is 2.78. The molecule has 14 nitrogen and oxygen atoms in total. The molecule has 1 spiro atoms. The van der Waals surface area contributed by atoms with Gasteiger partial charge in [-0.3, -0.25) is 4.79 Å². The van der Waals surface area contributed by atoms with E-state index in [-0.39, 0.29) is 22.5 Å². The molecule has 4 aliphatic heterocycles.